The van der Waals surface area contributed by atoms with Crippen molar-refractivity contribution in [1.82, 2.24) is 25.8 Å². The van der Waals surface area contributed by atoms with Crippen LogP contribution < -0.4 is 21.7 Å². The molecular formula is C30H50N6O6S. The van der Waals surface area contributed by atoms with E-state index in [0.717, 1.165) is 6.42 Å². The Bertz CT molecular complexity index is 1150. The smallest absolute Gasteiger partial charge is 0.316 e. The third-order valence-electron chi connectivity index (χ3n) is 7.30. The second-order valence-corrected chi connectivity index (χ2v) is 12.6. The fourth-order valence-electron chi connectivity index (χ4n) is 4.66. The number of hydrogen-bond donors (Lipinski definition) is 4. The molecule has 0 aromatic carbocycles. The summed E-state index contributed by atoms with van der Waals surface area (Å²) in [7, 11) is 0. The molecule has 1 aromatic rings. The molecule has 1 aromatic heterocycles. The zero-order valence-electron chi connectivity index (χ0n) is 27.0. The number of Topliss-reactive ketones (excluding diaryl/α,β-unsaturated/α-hetero) is 2. The van der Waals surface area contributed by atoms with Gasteiger partial charge in [0.15, 0.2) is 5.01 Å². The van der Waals surface area contributed by atoms with Gasteiger partial charge in [0.1, 0.15) is 12.1 Å². The molecule has 4 unspecified atom stereocenters. The van der Waals surface area contributed by atoms with Crippen LogP contribution in [0.1, 0.15) is 103 Å². The topological polar surface area (TPSA) is 181 Å². The van der Waals surface area contributed by atoms with Crippen molar-refractivity contribution in [3.05, 3.63) is 16.1 Å². The number of urea groups is 1. The summed E-state index contributed by atoms with van der Waals surface area (Å²) in [6.45, 7) is 17.0. The number of primary amides is 1. The van der Waals surface area contributed by atoms with Gasteiger partial charge in [0.2, 0.25) is 23.4 Å². The van der Waals surface area contributed by atoms with Crippen LogP contribution in [-0.4, -0.2) is 75.9 Å². The van der Waals surface area contributed by atoms with E-state index in [-0.39, 0.29) is 24.7 Å². The Morgan fingerprint density at radius 3 is 2.16 bits per heavy atom. The van der Waals surface area contributed by atoms with E-state index in [0.29, 0.717) is 30.0 Å². The number of nitrogens with two attached hydrogens (primary N) is 1. The number of hydrogen-bond acceptors (Lipinski definition) is 8. The van der Waals surface area contributed by atoms with Gasteiger partial charge < -0.3 is 26.6 Å². The van der Waals surface area contributed by atoms with E-state index < -0.39 is 59.1 Å². The minimum Gasteiger partial charge on any atom is -0.363 e. The van der Waals surface area contributed by atoms with Gasteiger partial charge in [-0.2, -0.15) is 0 Å². The van der Waals surface area contributed by atoms with Gasteiger partial charge >= 0.3 is 6.03 Å². The lowest BCUT2D eigenvalue weighted by Gasteiger charge is -2.36. The quantitative estimate of drug-likeness (QED) is 0.193. The molecule has 43 heavy (non-hydrogen) atoms. The van der Waals surface area contributed by atoms with Gasteiger partial charge in [-0.3, -0.25) is 24.0 Å². The van der Waals surface area contributed by atoms with Crippen molar-refractivity contribution < 1.29 is 28.8 Å². The molecule has 13 heteroatoms. The summed E-state index contributed by atoms with van der Waals surface area (Å²) in [6, 6.07) is -4.50. The first-order chi connectivity index (χ1) is 20.1. The van der Waals surface area contributed by atoms with Gasteiger partial charge in [0.25, 0.3) is 5.91 Å². The van der Waals surface area contributed by atoms with Crippen molar-refractivity contribution in [3.8, 4) is 0 Å². The third-order valence-corrected chi connectivity index (χ3v) is 8.27. The van der Waals surface area contributed by atoms with Crippen molar-refractivity contribution in [2.75, 3.05) is 6.54 Å². The highest BCUT2D eigenvalue weighted by molar-refractivity contribution is 7.11. The fourth-order valence-corrected chi connectivity index (χ4v) is 5.45. The Hall–Kier alpha value is -3.35. The Morgan fingerprint density at radius 2 is 1.67 bits per heavy atom. The summed E-state index contributed by atoms with van der Waals surface area (Å²) in [4.78, 5) is 82.6. The van der Waals surface area contributed by atoms with Crippen LogP contribution in [0, 0.1) is 18.3 Å². The number of aryl methyl sites for hydroxylation is 1. The van der Waals surface area contributed by atoms with Gasteiger partial charge in [0, 0.05) is 17.6 Å². The van der Waals surface area contributed by atoms with E-state index in [1.54, 1.807) is 40.0 Å². The minimum atomic E-state index is -1.13. The molecule has 5 N–H and O–H groups in total. The molecular weight excluding hydrogens is 572 g/mol. The lowest BCUT2D eigenvalue weighted by atomic mass is 9.85. The van der Waals surface area contributed by atoms with Gasteiger partial charge in [-0.05, 0) is 43.9 Å². The highest BCUT2D eigenvalue weighted by atomic mass is 32.1. The molecule has 0 spiro atoms. The summed E-state index contributed by atoms with van der Waals surface area (Å²) >= 11 is 1.21. The number of rotatable bonds is 13. The number of likely N-dealkylation sites (tertiary alicyclic amines) is 1. The zero-order chi connectivity index (χ0) is 33.1. The van der Waals surface area contributed by atoms with Crippen LogP contribution in [0.3, 0.4) is 0 Å². The molecule has 0 aliphatic carbocycles. The number of nitrogens with one attached hydrogen (secondary N) is 3. The Labute approximate surface area is 259 Å². The van der Waals surface area contributed by atoms with Crippen molar-refractivity contribution in [3.63, 3.8) is 0 Å². The number of nitrogens with zero attached hydrogens (tertiary/aromatic N) is 2. The molecule has 0 saturated carbocycles. The summed E-state index contributed by atoms with van der Waals surface area (Å²) in [6.07, 6.45) is 2.22. The summed E-state index contributed by atoms with van der Waals surface area (Å²) in [5, 5.41) is 10.1. The first kappa shape index (κ1) is 37.7. The molecule has 0 bridgehead atoms. The number of carbonyl (C=O) groups excluding carboxylic acids is 6. The predicted molar refractivity (Wildman–Crippen MR) is 166 cm³/mol. The van der Waals surface area contributed by atoms with Crippen LogP contribution in [0.4, 0.5) is 4.79 Å². The van der Waals surface area contributed by atoms with E-state index in [4.69, 9.17) is 5.73 Å². The standard InChI is InChI=1S/C28H44N6O6S.C2H6/c1-8-15(3)13-18(20(35)23(29)37)31-24(38)19-11-10-12-34(19)26(39)22(28(5,6)7)33-27(40)32-17(9-2)21(36)25-30-16(4)14-41-25;1-2/h14-15,17-19,22H,8-13H2,1-7H3,(H2,29,37)(H,31,38)(H2,32,33,40);1-2H3/t15?,17?,18?,19-,22?;/m0./s1. The monoisotopic (exact) mass is 622 g/mol. The van der Waals surface area contributed by atoms with Crippen molar-refractivity contribution >= 4 is 46.7 Å². The van der Waals surface area contributed by atoms with Crippen molar-refractivity contribution in [1.29, 1.82) is 0 Å². The van der Waals surface area contributed by atoms with Crippen molar-refractivity contribution in [2.45, 2.75) is 119 Å². The molecule has 2 rings (SSSR count). The van der Waals surface area contributed by atoms with E-state index in [1.807, 2.05) is 27.7 Å². The fraction of sp³-hybridized carbons (Fsp3) is 0.700. The zero-order valence-corrected chi connectivity index (χ0v) is 27.9. The van der Waals surface area contributed by atoms with E-state index in [9.17, 15) is 28.8 Å². The summed E-state index contributed by atoms with van der Waals surface area (Å²) in [5.41, 5.74) is 5.19. The molecule has 1 fully saturated rings. The lowest BCUT2D eigenvalue weighted by molar-refractivity contribution is -0.143. The highest BCUT2D eigenvalue weighted by Gasteiger charge is 2.43. The van der Waals surface area contributed by atoms with Crippen LogP contribution >= 0.6 is 11.3 Å². The van der Waals surface area contributed by atoms with Gasteiger partial charge in [-0.15, -0.1) is 11.3 Å². The van der Waals surface area contributed by atoms with Gasteiger partial charge in [0.05, 0.1) is 12.1 Å². The Morgan fingerprint density at radius 1 is 1.05 bits per heavy atom. The van der Waals surface area contributed by atoms with Crippen LogP contribution in [-0.2, 0) is 19.2 Å². The first-order valence-electron chi connectivity index (χ1n) is 15.1. The summed E-state index contributed by atoms with van der Waals surface area (Å²) < 4.78 is 0. The van der Waals surface area contributed by atoms with E-state index in [1.165, 1.54) is 16.2 Å². The normalized spacial score (nSPS) is 17.4. The molecule has 5 amide bonds. The van der Waals surface area contributed by atoms with Crippen LogP contribution in [0.25, 0.3) is 0 Å². The maximum absolute atomic E-state index is 13.8. The first-order valence-corrected chi connectivity index (χ1v) is 16.0. The average molecular weight is 623 g/mol. The van der Waals surface area contributed by atoms with E-state index >= 15 is 0 Å². The van der Waals surface area contributed by atoms with Crippen LogP contribution in [0.2, 0.25) is 0 Å². The third kappa shape index (κ3) is 10.7. The predicted octanol–water partition coefficient (Wildman–Crippen LogP) is 3.12. The molecule has 5 atom stereocenters. The van der Waals surface area contributed by atoms with Gasteiger partial charge in [-0.1, -0.05) is 61.8 Å². The van der Waals surface area contributed by atoms with E-state index in [2.05, 4.69) is 20.9 Å². The number of ketones is 2. The molecule has 12 nitrogen and oxygen atoms in total. The minimum absolute atomic E-state index is 0.0522. The van der Waals surface area contributed by atoms with Crippen LogP contribution in [0.15, 0.2) is 5.38 Å². The van der Waals surface area contributed by atoms with Crippen molar-refractivity contribution in [2.24, 2.45) is 17.1 Å². The second-order valence-electron chi connectivity index (χ2n) is 11.8. The van der Waals surface area contributed by atoms with Crippen LogP contribution in [0.5, 0.6) is 0 Å². The SMILES string of the molecule is CC.CCC(C)CC(NC(=O)[C@@H]1CCCN1C(=O)C(NC(=O)NC(CC)C(=O)c1nc(C)cs1)C(C)(C)C)C(=O)C(N)=O. The molecule has 242 valence electrons. The molecule has 1 aliphatic rings. The number of carbonyl (C=O) groups is 6. The molecule has 1 aliphatic heterocycles. The Kier molecular flexibility index (Phi) is 15.0. The molecule has 1 saturated heterocycles. The number of thiazole rings is 1. The largest absolute Gasteiger partial charge is 0.363 e. The molecule has 0 radical (unpaired) electrons. The number of aromatic nitrogens is 1. The second kappa shape index (κ2) is 17.1. The molecule has 2 heterocycles. The van der Waals surface area contributed by atoms with Gasteiger partial charge in [-0.25, -0.2) is 9.78 Å². The summed E-state index contributed by atoms with van der Waals surface area (Å²) in [5.74, 6) is -3.28. The lowest BCUT2D eigenvalue weighted by Crippen LogP contribution is -2.60. The number of amides is 5. The average Bonchev–Trinajstić information content (AvgIpc) is 3.63. The highest BCUT2D eigenvalue weighted by Crippen LogP contribution is 2.26. The maximum atomic E-state index is 13.8. The maximum Gasteiger partial charge on any atom is 0.316 e. The Balaban J connectivity index is 0.00000452.